The highest BCUT2D eigenvalue weighted by Crippen LogP contribution is 2.02. The van der Waals surface area contributed by atoms with Gasteiger partial charge in [0.15, 0.2) is 0 Å². The summed E-state index contributed by atoms with van der Waals surface area (Å²) in [6, 6.07) is 0.292. The minimum Gasteiger partial charge on any atom is -0.294 e. The zero-order chi connectivity index (χ0) is 6.57. The van der Waals surface area contributed by atoms with Gasteiger partial charge in [-0.2, -0.15) is 0 Å². The van der Waals surface area contributed by atoms with Crippen molar-refractivity contribution in [2.45, 2.75) is 26.8 Å². The molecule has 0 aromatic carbocycles. The Morgan fingerprint density at radius 3 is 2.38 bits per heavy atom. The highest BCUT2D eigenvalue weighted by molar-refractivity contribution is 5.26. The molecule has 1 heteroatoms. The molecule has 0 fully saturated rings. The van der Waals surface area contributed by atoms with Crippen molar-refractivity contribution in [1.82, 2.24) is 0 Å². The molecule has 0 saturated carbocycles. The Morgan fingerprint density at radius 2 is 2.25 bits per heavy atom. The van der Waals surface area contributed by atoms with Crippen molar-refractivity contribution in [3.63, 3.8) is 0 Å². The molecule has 0 aliphatic heterocycles. The molecule has 0 unspecified atom stereocenters. The molecule has 0 aromatic heterocycles. The Kier molecular flexibility index (Phi) is 3.16. The molecule has 46 valence electrons. The number of nitrogens with zero attached hydrogens (tertiary/aromatic N) is 1. The maximum absolute atomic E-state index is 3.84. The Balaban J connectivity index is 3.81. The van der Waals surface area contributed by atoms with E-state index >= 15 is 0 Å². The van der Waals surface area contributed by atoms with Crippen LogP contribution in [0.3, 0.4) is 0 Å². The lowest BCUT2D eigenvalue weighted by atomic mass is 10.1. The molecule has 0 radical (unpaired) electrons. The van der Waals surface area contributed by atoms with Crippen LogP contribution in [-0.4, -0.2) is 12.8 Å². The van der Waals surface area contributed by atoms with Gasteiger partial charge in [-0.25, -0.2) is 0 Å². The Labute approximate surface area is 51.1 Å². The van der Waals surface area contributed by atoms with E-state index in [0.717, 1.165) is 0 Å². The SMILES string of the molecule is C=N[C@H](C)/C(C)=C/C. The Hall–Kier alpha value is -0.590. The van der Waals surface area contributed by atoms with Gasteiger partial charge in [-0.15, -0.1) is 0 Å². The third kappa shape index (κ3) is 1.92. The van der Waals surface area contributed by atoms with E-state index in [1.54, 1.807) is 0 Å². The molecule has 1 nitrogen and oxygen atoms in total. The molecule has 0 N–H and O–H groups in total. The van der Waals surface area contributed by atoms with E-state index in [4.69, 9.17) is 0 Å². The zero-order valence-electron chi connectivity index (χ0n) is 5.81. The summed E-state index contributed by atoms with van der Waals surface area (Å²) in [5.74, 6) is 0. The van der Waals surface area contributed by atoms with Gasteiger partial charge >= 0.3 is 0 Å². The van der Waals surface area contributed by atoms with Crippen LogP contribution < -0.4 is 0 Å². The molecule has 0 heterocycles. The third-order valence-corrected chi connectivity index (χ3v) is 1.39. The third-order valence-electron chi connectivity index (χ3n) is 1.39. The molecule has 8 heavy (non-hydrogen) atoms. The predicted octanol–water partition coefficient (Wildman–Crippen LogP) is 2.04. The molecule has 0 aliphatic rings. The van der Waals surface area contributed by atoms with Crippen LogP contribution in [0.2, 0.25) is 0 Å². The van der Waals surface area contributed by atoms with E-state index in [2.05, 4.69) is 24.7 Å². The zero-order valence-corrected chi connectivity index (χ0v) is 5.81. The summed E-state index contributed by atoms with van der Waals surface area (Å²) in [6.45, 7) is 9.53. The second kappa shape index (κ2) is 3.42. The first-order valence-corrected chi connectivity index (χ1v) is 2.81. The molecule has 0 spiro atoms. The topological polar surface area (TPSA) is 12.4 Å². The Morgan fingerprint density at radius 1 is 1.75 bits per heavy atom. The van der Waals surface area contributed by atoms with Gasteiger partial charge in [-0.3, -0.25) is 4.99 Å². The van der Waals surface area contributed by atoms with Crippen molar-refractivity contribution in [2.24, 2.45) is 4.99 Å². The standard InChI is InChI=1S/C7H13N/c1-5-6(2)7(3)8-4/h5,7H,4H2,1-3H3/b6-5+/t7-/m1/s1. The van der Waals surface area contributed by atoms with E-state index in [1.165, 1.54) is 5.57 Å². The fourth-order valence-corrected chi connectivity index (χ4v) is 0.385. The van der Waals surface area contributed by atoms with Crippen LogP contribution in [0.1, 0.15) is 20.8 Å². The van der Waals surface area contributed by atoms with Crippen molar-refractivity contribution in [3.8, 4) is 0 Å². The van der Waals surface area contributed by atoms with E-state index in [9.17, 15) is 0 Å². The predicted molar refractivity (Wildman–Crippen MR) is 38.4 cm³/mol. The van der Waals surface area contributed by atoms with Gasteiger partial charge < -0.3 is 0 Å². The minimum absolute atomic E-state index is 0.292. The van der Waals surface area contributed by atoms with Crippen LogP contribution in [0.25, 0.3) is 0 Å². The van der Waals surface area contributed by atoms with Crippen molar-refractivity contribution in [3.05, 3.63) is 11.6 Å². The molecular weight excluding hydrogens is 98.1 g/mol. The van der Waals surface area contributed by atoms with Crippen LogP contribution in [0, 0.1) is 0 Å². The van der Waals surface area contributed by atoms with Crippen molar-refractivity contribution in [1.29, 1.82) is 0 Å². The summed E-state index contributed by atoms with van der Waals surface area (Å²) >= 11 is 0. The highest BCUT2D eigenvalue weighted by Gasteiger charge is 1.94. The number of hydrogen-bond acceptors (Lipinski definition) is 1. The van der Waals surface area contributed by atoms with Gasteiger partial charge in [0.1, 0.15) is 0 Å². The maximum Gasteiger partial charge on any atom is 0.0670 e. The molecule has 0 aromatic rings. The fraction of sp³-hybridized carbons (Fsp3) is 0.571. The van der Waals surface area contributed by atoms with Gasteiger partial charge in [0.2, 0.25) is 0 Å². The van der Waals surface area contributed by atoms with E-state index < -0.39 is 0 Å². The van der Waals surface area contributed by atoms with Crippen LogP contribution in [0.15, 0.2) is 16.6 Å². The lowest BCUT2D eigenvalue weighted by molar-refractivity contribution is 0.868. The summed E-state index contributed by atoms with van der Waals surface area (Å²) in [7, 11) is 0. The number of hydrogen-bond donors (Lipinski definition) is 0. The number of allylic oxidation sites excluding steroid dienone is 1. The summed E-state index contributed by atoms with van der Waals surface area (Å²) in [4.78, 5) is 3.84. The van der Waals surface area contributed by atoms with E-state index in [1.807, 2.05) is 13.8 Å². The van der Waals surface area contributed by atoms with Gasteiger partial charge in [-0.05, 0) is 27.5 Å². The highest BCUT2D eigenvalue weighted by atomic mass is 14.7. The van der Waals surface area contributed by atoms with Gasteiger partial charge in [0.05, 0.1) is 6.04 Å². The number of aliphatic imine (C=N–C) groups is 1. The van der Waals surface area contributed by atoms with Crippen LogP contribution in [0.4, 0.5) is 0 Å². The molecule has 0 bridgehead atoms. The molecular formula is C7H13N. The lowest BCUT2D eigenvalue weighted by Gasteiger charge is -2.02. The normalized spacial score (nSPS) is 15.6. The summed E-state index contributed by atoms with van der Waals surface area (Å²) in [5.41, 5.74) is 1.28. The average Bonchev–Trinajstić information content (AvgIpc) is 1.84. The molecule has 0 aliphatic carbocycles. The van der Waals surface area contributed by atoms with Crippen LogP contribution in [-0.2, 0) is 0 Å². The lowest BCUT2D eigenvalue weighted by Crippen LogP contribution is -1.96. The summed E-state index contributed by atoms with van der Waals surface area (Å²) in [6.07, 6.45) is 2.05. The van der Waals surface area contributed by atoms with E-state index in [-0.39, 0.29) is 0 Å². The van der Waals surface area contributed by atoms with Crippen LogP contribution in [0.5, 0.6) is 0 Å². The Bertz CT molecular complexity index is 103. The smallest absolute Gasteiger partial charge is 0.0670 e. The average molecular weight is 111 g/mol. The molecule has 0 amide bonds. The summed E-state index contributed by atoms with van der Waals surface area (Å²) in [5, 5.41) is 0. The van der Waals surface area contributed by atoms with Gasteiger partial charge in [0.25, 0.3) is 0 Å². The van der Waals surface area contributed by atoms with Crippen molar-refractivity contribution < 1.29 is 0 Å². The maximum atomic E-state index is 3.84. The first-order chi connectivity index (χ1) is 3.72. The fourth-order valence-electron chi connectivity index (χ4n) is 0.385. The molecule has 1 atom stereocenters. The van der Waals surface area contributed by atoms with Crippen molar-refractivity contribution in [2.75, 3.05) is 0 Å². The second-order valence-electron chi connectivity index (χ2n) is 1.89. The first kappa shape index (κ1) is 7.41. The number of rotatable bonds is 2. The quantitative estimate of drug-likeness (QED) is 0.382. The van der Waals surface area contributed by atoms with Gasteiger partial charge in [-0.1, -0.05) is 11.6 Å². The monoisotopic (exact) mass is 111 g/mol. The van der Waals surface area contributed by atoms with E-state index in [0.29, 0.717) is 6.04 Å². The van der Waals surface area contributed by atoms with Crippen LogP contribution >= 0.6 is 0 Å². The van der Waals surface area contributed by atoms with Gasteiger partial charge in [0, 0.05) is 0 Å². The second-order valence-corrected chi connectivity index (χ2v) is 1.89. The summed E-state index contributed by atoms with van der Waals surface area (Å²) < 4.78 is 0. The minimum atomic E-state index is 0.292. The molecule has 0 rings (SSSR count). The first-order valence-electron chi connectivity index (χ1n) is 2.81. The largest absolute Gasteiger partial charge is 0.294 e. The van der Waals surface area contributed by atoms with Crippen molar-refractivity contribution >= 4 is 6.72 Å². The molecule has 0 saturated heterocycles.